The number of para-hydroxylation sites is 1. The molecule has 0 aliphatic carbocycles. The summed E-state index contributed by atoms with van der Waals surface area (Å²) in [6.45, 7) is 3.70. The van der Waals surface area contributed by atoms with Gasteiger partial charge in [-0.05, 0) is 80.7 Å². The Morgan fingerprint density at radius 3 is 2.27 bits per heavy atom. The highest BCUT2D eigenvalue weighted by Gasteiger charge is 2.53. The van der Waals surface area contributed by atoms with Crippen LogP contribution < -0.4 is 19.7 Å². The van der Waals surface area contributed by atoms with E-state index in [1.807, 2.05) is 46.2 Å². The molecule has 6 rings (SSSR count). The number of piperidine rings is 1. The number of halogens is 2. The number of ether oxygens (including phenoxy) is 2. The number of anilines is 1. The zero-order valence-electron chi connectivity index (χ0n) is 25.2. The van der Waals surface area contributed by atoms with Crippen LogP contribution in [0.2, 0.25) is 10.0 Å². The summed E-state index contributed by atoms with van der Waals surface area (Å²) in [5.41, 5.74) is 1.50. The van der Waals surface area contributed by atoms with Crippen molar-refractivity contribution in [1.29, 1.82) is 0 Å². The second-order valence-electron chi connectivity index (χ2n) is 11.9. The maximum Gasteiger partial charge on any atom is 0.261 e. The van der Waals surface area contributed by atoms with E-state index in [0.717, 1.165) is 37.2 Å². The largest absolute Gasteiger partial charge is 0.496 e. The van der Waals surface area contributed by atoms with Gasteiger partial charge >= 0.3 is 0 Å². The summed E-state index contributed by atoms with van der Waals surface area (Å²) in [6.07, 6.45) is 2.91. The summed E-state index contributed by atoms with van der Waals surface area (Å²) in [6, 6.07) is 21.3. The first-order valence-electron chi connectivity index (χ1n) is 15.1. The minimum absolute atomic E-state index is 0.151. The third-order valence-corrected chi connectivity index (χ3v) is 10.4. The fourth-order valence-electron chi connectivity index (χ4n) is 7.24. The van der Waals surface area contributed by atoms with Crippen LogP contribution in [-0.2, 0) is 10.2 Å². The average Bonchev–Trinajstić information content (AvgIpc) is 3.61. The monoisotopic (exact) mass is 636 g/mol. The Hall–Kier alpha value is -3.46. The summed E-state index contributed by atoms with van der Waals surface area (Å²) >= 11 is 12.9. The van der Waals surface area contributed by atoms with Gasteiger partial charge in [0.25, 0.3) is 5.91 Å². The zero-order chi connectivity index (χ0) is 30.9. The van der Waals surface area contributed by atoms with Gasteiger partial charge in [0.1, 0.15) is 22.6 Å². The molecule has 3 aromatic carbocycles. The molecule has 1 unspecified atom stereocenters. The smallest absolute Gasteiger partial charge is 0.261 e. The second-order valence-corrected chi connectivity index (χ2v) is 12.7. The van der Waals surface area contributed by atoms with Crippen LogP contribution in [0.3, 0.4) is 0 Å². The molecule has 3 heterocycles. The van der Waals surface area contributed by atoms with Gasteiger partial charge in [-0.25, -0.2) is 0 Å². The summed E-state index contributed by atoms with van der Waals surface area (Å²) in [7, 11) is 3.10. The molecule has 1 atom stereocenters. The third-order valence-electron chi connectivity index (χ3n) is 9.69. The SMILES string of the molecule is COc1cccc(OC)c1C(=O)N1CCC(CCN2CN(c3ccccc3)C3(CCNCC3)C2=O)(c2ccc(Cl)c(Cl)c2)C1. The Kier molecular flexibility index (Phi) is 8.68. The van der Waals surface area contributed by atoms with E-state index >= 15 is 0 Å². The van der Waals surface area contributed by atoms with E-state index in [2.05, 4.69) is 22.3 Å². The molecular weight excluding hydrogens is 599 g/mol. The minimum atomic E-state index is -0.554. The average molecular weight is 638 g/mol. The first-order valence-corrected chi connectivity index (χ1v) is 15.9. The number of rotatable bonds is 8. The van der Waals surface area contributed by atoms with Crippen LogP contribution in [0.1, 0.15) is 41.6 Å². The van der Waals surface area contributed by atoms with Gasteiger partial charge in [-0.3, -0.25) is 9.59 Å². The van der Waals surface area contributed by atoms with Gasteiger partial charge in [0.05, 0.1) is 30.9 Å². The lowest BCUT2D eigenvalue weighted by Gasteiger charge is -2.40. The van der Waals surface area contributed by atoms with Crippen LogP contribution in [0.25, 0.3) is 0 Å². The fourth-order valence-corrected chi connectivity index (χ4v) is 7.54. The van der Waals surface area contributed by atoms with E-state index in [9.17, 15) is 9.59 Å². The van der Waals surface area contributed by atoms with Crippen molar-refractivity contribution in [3.63, 3.8) is 0 Å². The quantitative estimate of drug-likeness (QED) is 0.346. The van der Waals surface area contributed by atoms with E-state index in [1.54, 1.807) is 32.4 Å². The van der Waals surface area contributed by atoms with Crippen LogP contribution in [0.5, 0.6) is 11.5 Å². The molecule has 3 aliphatic rings. The van der Waals surface area contributed by atoms with Crippen molar-refractivity contribution < 1.29 is 19.1 Å². The van der Waals surface area contributed by atoms with Gasteiger partial charge in [0.2, 0.25) is 5.91 Å². The normalized spacial score (nSPS) is 21.3. The Labute approximate surface area is 268 Å². The van der Waals surface area contributed by atoms with Crippen molar-refractivity contribution in [3.05, 3.63) is 87.9 Å². The predicted molar refractivity (Wildman–Crippen MR) is 173 cm³/mol. The maximum absolute atomic E-state index is 14.2. The first-order chi connectivity index (χ1) is 21.3. The van der Waals surface area contributed by atoms with E-state index < -0.39 is 11.0 Å². The number of nitrogens with one attached hydrogen (secondary N) is 1. The molecular formula is C34H38Cl2N4O4. The number of hydrogen-bond acceptors (Lipinski definition) is 6. The molecule has 0 radical (unpaired) electrons. The number of nitrogens with zero attached hydrogens (tertiary/aromatic N) is 3. The molecule has 3 saturated heterocycles. The van der Waals surface area contributed by atoms with Crippen LogP contribution in [0.15, 0.2) is 66.7 Å². The Morgan fingerprint density at radius 2 is 1.61 bits per heavy atom. The van der Waals surface area contributed by atoms with Crippen molar-refractivity contribution in [2.45, 2.75) is 36.6 Å². The van der Waals surface area contributed by atoms with Crippen LogP contribution in [-0.4, -0.2) is 80.8 Å². The number of hydrogen-bond donors (Lipinski definition) is 1. The van der Waals surface area contributed by atoms with Crippen molar-refractivity contribution in [1.82, 2.24) is 15.1 Å². The predicted octanol–water partition coefficient (Wildman–Crippen LogP) is 5.61. The molecule has 0 bridgehead atoms. The zero-order valence-corrected chi connectivity index (χ0v) is 26.7. The van der Waals surface area contributed by atoms with Crippen LogP contribution in [0, 0.1) is 0 Å². The molecule has 232 valence electrons. The number of benzene rings is 3. The lowest BCUT2D eigenvalue weighted by molar-refractivity contribution is -0.133. The van der Waals surface area contributed by atoms with Gasteiger partial charge in [-0.2, -0.15) is 0 Å². The van der Waals surface area contributed by atoms with Crippen molar-refractivity contribution in [3.8, 4) is 11.5 Å². The second kappa shape index (κ2) is 12.5. The highest BCUT2D eigenvalue weighted by atomic mass is 35.5. The van der Waals surface area contributed by atoms with Gasteiger partial charge in [-0.1, -0.05) is 53.5 Å². The molecule has 1 spiro atoms. The van der Waals surface area contributed by atoms with Crippen molar-refractivity contribution in [2.24, 2.45) is 0 Å². The molecule has 8 nitrogen and oxygen atoms in total. The summed E-state index contributed by atoms with van der Waals surface area (Å²) in [5.74, 6) is 0.967. The first kappa shape index (κ1) is 30.6. The molecule has 1 N–H and O–H groups in total. The number of methoxy groups -OCH3 is 2. The molecule has 3 aromatic rings. The molecule has 3 fully saturated rings. The van der Waals surface area contributed by atoms with E-state index in [4.69, 9.17) is 32.7 Å². The standard InChI is InChI=1S/C34H38Cl2N4O4/c1-43-28-9-6-10-29(44-2)30(28)31(41)38-19-15-33(22-38,24-11-12-26(35)27(36)21-24)16-20-39-23-40(25-7-4-3-5-8-25)34(32(39)42)13-17-37-18-14-34/h3-12,21,37H,13-20,22-23H2,1-2H3. The lowest BCUT2D eigenvalue weighted by Crippen LogP contribution is -2.55. The molecule has 44 heavy (non-hydrogen) atoms. The van der Waals surface area contributed by atoms with Gasteiger partial charge in [0.15, 0.2) is 0 Å². The van der Waals surface area contributed by atoms with E-state index in [1.165, 1.54) is 0 Å². The highest BCUT2D eigenvalue weighted by molar-refractivity contribution is 6.42. The van der Waals surface area contributed by atoms with Gasteiger partial charge < -0.3 is 29.5 Å². The molecule has 2 amide bonds. The number of likely N-dealkylation sites (tertiary alicyclic amines) is 1. The fraction of sp³-hybridized carbons (Fsp3) is 0.412. The Morgan fingerprint density at radius 1 is 0.909 bits per heavy atom. The lowest BCUT2D eigenvalue weighted by atomic mass is 9.76. The Balaban J connectivity index is 1.30. The van der Waals surface area contributed by atoms with E-state index in [0.29, 0.717) is 66.3 Å². The third kappa shape index (κ3) is 5.37. The minimum Gasteiger partial charge on any atom is -0.496 e. The van der Waals surface area contributed by atoms with Crippen molar-refractivity contribution in [2.75, 3.05) is 58.5 Å². The highest BCUT2D eigenvalue weighted by Crippen LogP contribution is 2.44. The Bertz CT molecular complexity index is 1510. The van der Waals surface area contributed by atoms with Crippen LogP contribution >= 0.6 is 23.2 Å². The number of carbonyl (C=O) groups excluding carboxylic acids is 2. The molecule has 10 heteroatoms. The molecule has 3 aliphatic heterocycles. The van der Waals surface area contributed by atoms with Crippen LogP contribution in [0.4, 0.5) is 5.69 Å². The summed E-state index contributed by atoms with van der Waals surface area (Å²) in [5, 5.41) is 4.38. The summed E-state index contributed by atoms with van der Waals surface area (Å²) in [4.78, 5) is 34.4. The molecule has 0 saturated carbocycles. The number of amides is 2. The number of carbonyl (C=O) groups is 2. The van der Waals surface area contributed by atoms with Gasteiger partial charge in [-0.15, -0.1) is 0 Å². The van der Waals surface area contributed by atoms with Crippen molar-refractivity contribution >= 4 is 40.7 Å². The molecule has 0 aromatic heterocycles. The maximum atomic E-state index is 14.2. The topological polar surface area (TPSA) is 74.4 Å². The summed E-state index contributed by atoms with van der Waals surface area (Å²) < 4.78 is 11.1. The van der Waals surface area contributed by atoms with E-state index in [-0.39, 0.29) is 11.8 Å². The van der Waals surface area contributed by atoms with Gasteiger partial charge in [0, 0.05) is 30.7 Å².